The summed E-state index contributed by atoms with van der Waals surface area (Å²) in [5.41, 5.74) is 0.868. The van der Waals surface area contributed by atoms with E-state index in [1.54, 1.807) is 24.3 Å². The standard InChI is InChI=1S/C16H14N2O5S/c1-23-10-4-2-8(3-5-10)14(20)18-16-17-11-6-9(15(21)22)7-12(19)13(11)24-16/h2-5,9H,6-7H2,1H3,(H,21,22)(H,17,18,20). The Hall–Kier alpha value is -2.74. The number of nitrogens with one attached hydrogen (secondary N) is 1. The van der Waals surface area contributed by atoms with Crippen LogP contribution < -0.4 is 10.1 Å². The van der Waals surface area contributed by atoms with E-state index in [0.717, 1.165) is 11.3 Å². The Morgan fingerprint density at radius 1 is 1.29 bits per heavy atom. The number of rotatable bonds is 4. The second-order valence-electron chi connectivity index (χ2n) is 5.34. The number of carboxylic acids is 1. The number of fused-ring (bicyclic) bond motifs is 1. The van der Waals surface area contributed by atoms with E-state index in [1.807, 2.05) is 0 Å². The summed E-state index contributed by atoms with van der Waals surface area (Å²) >= 11 is 1.08. The lowest BCUT2D eigenvalue weighted by atomic mass is 9.90. The molecule has 124 valence electrons. The molecular formula is C16H14N2O5S. The quantitative estimate of drug-likeness (QED) is 0.879. The second-order valence-corrected chi connectivity index (χ2v) is 6.34. The van der Waals surface area contributed by atoms with E-state index in [4.69, 9.17) is 9.84 Å². The smallest absolute Gasteiger partial charge is 0.307 e. The topological polar surface area (TPSA) is 106 Å². The van der Waals surface area contributed by atoms with Gasteiger partial charge in [0.15, 0.2) is 10.9 Å². The van der Waals surface area contributed by atoms with Gasteiger partial charge in [0.25, 0.3) is 5.91 Å². The van der Waals surface area contributed by atoms with Crippen LogP contribution in [-0.2, 0) is 11.2 Å². The number of amides is 1. The lowest BCUT2D eigenvalue weighted by molar-refractivity contribution is -0.141. The van der Waals surface area contributed by atoms with E-state index in [2.05, 4.69) is 10.3 Å². The number of carboxylic acid groups (broad SMARTS) is 1. The summed E-state index contributed by atoms with van der Waals surface area (Å²) in [6, 6.07) is 6.58. The lowest BCUT2D eigenvalue weighted by Crippen LogP contribution is -2.25. The number of carbonyl (C=O) groups excluding carboxylic acids is 2. The number of ketones is 1. The maximum absolute atomic E-state index is 12.2. The molecule has 24 heavy (non-hydrogen) atoms. The van der Waals surface area contributed by atoms with Crippen molar-refractivity contribution >= 4 is 34.1 Å². The number of aromatic nitrogens is 1. The molecule has 0 saturated carbocycles. The highest BCUT2D eigenvalue weighted by atomic mass is 32.1. The third-order valence-corrected chi connectivity index (χ3v) is 4.80. The van der Waals surface area contributed by atoms with E-state index in [9.17, 15) is 14.4 Å². The van der Waals surface area contributed by atoms with Crippen molar-refractivity contribution in [2.45, 2.75) is 12.8 Å². The molecule has 7 nitrogen and oxygen atoms in total. The van der Waals surface area contributed by atoms with Crippen LogP contribution in [0.25, 0.3) is 0 Å². The molecule has 1 aromatic heterocycles. The molecule has 0 bridgehead atoms. The molecule has 0 fully saturated rings. The first kappa shape index (κ1) is 16.1. The van der Waals surface area contributed by atoms with Crippen LogP contribution >= 0.6 is 11.3 Å². The Kier molecular flexibility index (Phi) is 4.30. The predicted molar refractivity (Wildman–Crippen MR) is 86.8 cm³/mol. The fourth-order valence-corrected chi connectivity index (χ4v) is 3.41. The van der Waals surface area contributed by atoms with Crippen molar-refractivity contribution < 1.29 is 24.2 Å². The van der Waals surface area contributed by atoms with Crippen LogP contribution in [0.1, 0.15) is 32.1 Å². The van der Waals surface area contributed by atoms with Gasteiger partial charge in [0, 0.05) is 18.4 Å². The number of anilines is 1. The summed E-state index contributed by atoms with van der Waals surface area (Å²) in [5.74, 6) is -1.72. The first-order chi connectivity index (χ1) is 11.5. The number of thiazole rings is 1. The highest BCUT2D eigenvalue weighted by molar-refractivity contribution is 7.17. The van der Waals surface area contributed by atoms with Gasteiger partial charge in [-0.25, -0.2) is 4.98 Å². The highest BCUT2D eigenvalue weighted by Gasteiger charge is 2.33. The third-order valence-electron chi connectivity index (χ3n) is 3.74. The van der Waals surface area contributed by atoms with E-state index >= 15 is 0 Å². The lowest BCUT2D eigenvalue weighted by Gasteiger charge is -2.15. The average molecular weight is 346 g/mol. The van der Waals surface area contributed by atoms with Crippen LogP contribution in [0.15, 0.2) is 24.3 Å². The SMILES string of the molecule is COc1ccc(C(=O)Nc2nc3c(s2)C(=O)CC(C(=O)O)C3)cc1. The largest absolute Gasteiger partial charge is 0.497 e. The maximum atomic E-state index is 12.2. The van der Waals surface area contributed by atoms with Crippen molar-refractivity contribution in [2.75, 3.05) is 12.4 Å². The molecule has 8 heteroatoms. The highest BCUT2D eigenvalue weighted by Crippen LogP contribution is 2.32. The van der Waals surface area contributed by atoms with Crippen molar-refractivity contribution in [3.8, 4) is 5.75 Å². The van der Waals surface area contributed by atoms with Gasteiger partial charge < -0.3 is 9.84 Å². The summed E-state index contributed by atoms with van der Waals surface area (Å²) in [6.07, 6.45) is 0.168. The molecule has 1 aliphatic rings. The van der Waals surface area contributed by atoms with Crippen molar-refractivity contribution in [3.63, 3.8) is 0 Å². The molecule has 1 unspecified atom stereocenters. The van der Waals surface area contributed by atoms with Crippen LogP contribution in [0.3, 0.4) is 0 Å². The van der Waals surface area contributed by atoms with Gasteiger partial charge in [0.05, 0.1) is 23.6 Å². The minimum Gasteiger partial charge on any atom is -0.497 e. The molecule has 1 aromatic carbocycles. The van der Waals surface area contributed by atoms with E-state index in [1.165, 1.54) is 7.11 Å². The molecule has 0 radical (unpaired) electrons. The summed E-state index contributed by atoms with van der Waals surface area (Å²) in [4.78, 5) is 40.0. The summed E-state index contributed by atoms with van der Waals surface area (Å²) in [6.45, 7) is 0. The Bertz CT molecular complexity index is 812. The van der Waals surface area contributed by atoms with Gasteiger partial charge in [-0.2, -0.15) is 0 Å². The van der Waals surface area contributed by atoms with Gasteiger partial charge in [-0.15, -0.1) is 0 Å². The van der Waals surface area contributed by atoms with Gasteiger partial charge >= 0.3 is 5.97 Å². The van der Waals surface area contributed by atoms with Crippen molar-refractivity contribution in [1.29, 1.82) is 0 Å². The molecule has 0 saturated heterocycles. The number of methoxy groups -OCH3 is 1. The molecule has 1 amide bonds. The molecule has 2 aromatic rings. The number of aliphatic carboxylic acids is 1. The molecule has 0 aliphatic heterocycles. The maximum Gasteiger partial charge on any atom is 0.307 e. The van der Waals surface area contributed by atoms with Gasteiger partial charge in [-0.05, 0) is 24.3 Å². The number of carbonyl (C=O) groups is 3. The van der Waals surface area contributed by atoms with Gasteiger partial charge in [-0.3, -0.25) is 19.7 Å². The summed E-state index contributed by atoms with van der Waals surface area (Å²) in [7, 11) is 1.54. The van der Waals surface area contributed by atoms with E-state index in [-0.39, 0.29) is 24.5 Å². The third kappa shape index (κ3) is 3.13. The zero-order chi connectivity index (χ0) is 17.3. The molecule has 0 spiro atoms. The average Bonchev–Trinajstić information content (AvgIpc) is 2.97. The number of hydrogen-bond acceptors (Lipinski definition) is 6. The zero-order valence-electron chi connectivity index (χ0n) is 12.7. The monoisotopic (exact) mass is 346 g/mol. The predicted octanol–water partition coefficient (Wildman–Crippen LogP) is 2.23. The van der Waals surface area contributed by atoms with Crippen LogP contribution in [0.4, 0.5) is 5.13 Å². The molecular weight excluding hydrogens is 332 g/mol. The molecule has 1 atom stereocenters. The zero-order valence-corrected chi connectivity index (χ0v) is 13.6. The number of ether oxygens (including phenoxy) is 1. The Labute approximate surface area is 141 Å². The number of Topliss-reactive ketones (excluding diaryl/α,β-unsaturated/α-hetero) is 1. The normalized spacial score (nSPS) is 16.4. The molecule has 1 heterocycles. The summed E-state index contributed by atoms with van der Waals surface area (Å²) in [5, 5.41) is 12.0. The van der Waals surface area contributed by atoms with Gasteiger partial charge in [0.1, 0.15) is 5.75 Å². The summed E-state index contributed by atoms with van der Waals surface area (Å²) < 4.78 is 5.04. The van der Waals surface area contributed by atoms with Crippen molar-refractivity contribution in [2.24, 2.45) is 5.92 Å². The minimum absolute atomic E-state index is 0.0314. The van der Waals surface area contributed by atoms with Crippen molar-refractivity contribution in [1.82, 2.24) is 4.98 Å². The Morgan fingerprint density at radius 2 is 2.00 bits per heavy atom. The molecule has 1 aliphatic carbocycles. The Balaban J connectivity index is 1.77. The van der Waals surface area contributed by atoms with Gasteiger partial charge in [0.2, 0.25) is 0 Å². The minimum atomic E-state index is -1.01. The van der Waals surface area contributed by atoms with E-state index < -0.39 is 11.9 Å². The first-order valence-corrected chi connectivity index (χ1v) is 8.00. The second kappa shape index (κ2) is 6.40. The number of benzene rings is 1. The fourth-order valence-electron chi connectivity index (χ4n) is 2.47. The fraction of sp³-hybridized carbons (Fsp3) is 0.250. The Morgan fingerprint density at radius 3 is 2.62 bits per heavy atom. The van der Waals surface area contributed by atoms with E-state index in [0.29, 0.717) is 27.0 Å². The van der Waals surface area contributed by atoms with Crippen LogP contribution in [0.2, 0.25) is 0 Å². The van der Waals surface area contributed by atoms with Gasteiger partial charge in [-0.1, -0.05) is 11.3 Å². The number of hydrogen-bond donors (Lipinski definition) is 2. The molecule has 3 rings (SSSR count). The molecule has 2 N–H and O–H groups in total. The van der Waals surface area contributed by atoms with Crippen LogP contribution in [0, 0.1) is 5.92 Å². The number of nitrogens with zero attached hydrogens (tertiary/aromatic N) is 1. The first-order valence-electron chi connectivity index (χ1n) is 7.19. The van der Waals surface area contributed by atoms with Crippen LogP contribution in [-0.4, -0.2) is 34.9 Å². The van der Waals surface area contributed by atoms with Crippen LogP contribution in [0.5, 0.6) is 5.75 Å². The van der Waals surface area contributed by atoms with Crippen molar-refractivity contribution in [3.05, 3.63) is 40.4 Å².